The Morgan fingerprint density at radius 3 is 2.07 bits per heavy atom. The fourth-order valence-corrected chi connectivity index (χ4v) is 7.30. The van der Waals surface area contributed by atoms with Crippen LogP contribution in [0.15, 0.2) is 12.7 Å². The van der Waals surface area contributed by atoms with Gasteiger partial charge >= 0.3 is 5.97 Å². The van der Waals surface area contributed by atoms with E-state index in [9.17, 15) is 14.4 Å². The molecule has 29 heavy (non-hydrogen) atoms. The minimum atomic E-state index is -1.19. The van der Waals surface area contributed by atoms with Gasteiger partial charge in [0, 0.05) is 6.08 Å². The SMILES string of the molecule is C=CC(=O)OC1C(=O)C2(CCCC2)C(=O)C1OCOC12CC3CC(CC(C3)C1)C2. The molecule has 6 heteroatoms. The molecule has 0 amide bonds. The summed E-state index contributed by atoms with van der Waals surface area (Å²) in [6.45, 7) is 3.36. The Bertz CT molecular complexity index is 698. The van der Waals surface area contributed by atoms with E-state index in [1.165, 1.54) is 19.3 Å². The monoisotopic (exact) mass is 402 g/mol. The number of Topliss-reactive ketones (excluding diaryl/α,β-unsaturated/α-hetero) is 2. The third kappa shape index (κ3) is 3.10. The molecule has 0 aliphatic heterocycles. The Labute approximate surface area is 171 Å². The van der Waals surface area contributed by atoms with Crippen molar-refractivity contribution in [2.45, 2.75) is 82.0 Å². The van der Waals surface area contributed by atoms with Crippen molar-refractivity contribution in [3.63, 3.8) is 0 Å². The molecule has 0 aromatic carbocycles. The van der Waals surface area contributed by atoms with Crippen LogP contribution in [0, 0.1) is 23.2 Å². The highest BCUT2D eigenvalue weighted by Crippen LogP contribution is 2.57. The lowest BCUT2D eigenvalue weighted by molar-refractivity contribution is -0.223. The van der Waals surface area contributed by atoms with Gasteiger partial charge in [0.2, 0.25) is 0 Å². The van der Waals surface area contributed by atoms with E-state index in [1.807, 2.05) is 0 Å². The van der Waals surface area contributed by atoms with E-state index < -0.39 is 23.6 Å². The fraction of sp³-hybridized carbons (Fsp3) is 0.783. The second kappa shape index (κ2) is 7.02. The number of esters is 1. The molecular formula is C23H30O6. The first-order chi connectivity index (χ1) is 13.9. The van der Waals surface area contributed by atoms with Gasteiger partial charge in [-0.1, -0.05) is 19.4 Å². The molecule has 0 aromatic rings. The highest BCUT2D eigenvalue weighted by atomic mass is 16.7. The molecule has 2 atom stereocenters. The summed E-state index contributed by atoms with van der Waals surface area (Å²) in [4.78, 5) is 38.0. The van der Waals surface area contributed by atoms with E-state index in [-0.39, 0.29) is 24.0 Å². The lowest BCUT2D eigenvalue weighted by atomic mass is 9.54. The summed E-state index contributed by atoms with van der Waals surface area (Å²) in [6.07, 6.45) is 8.61. The molecule has 2 unspecified atom stereocenters. The average Bonchev–Trinajstić information content (AvgIpc) is 3.24. The third-order valence-corrected chi connectivity index (χ3v) is 8.20. The van der Waals surface area contributed by atoms with E-state index >= 15 is 0 Å². The molecule has 0 saturated heterocycles. The zero-order valence-electron chi connectivity index (χ0n) is 16.9. The molecule has 0 N–H and O–H groups in total. The van der Waals surface area contributed by atoms with Gasteiger partial charge < -0.3 is 14.2 Å². The van der Waals surface area contributed by atoms with E-state index in [4.69, 9.17) is 14.2 Å². The highest BCUT2D eigenvalue weighted by molar-refractivity contribution is 6.18. The molecule has 6 nitrogen and oxygen atoms in total. The maximum atomic E-state index is 13.2. The quantitative estimate of drug-likeness (QED) is 0.294. The van der Waals surface area contributed by atoms with Crippen molar-refractivity contribution in [3.05, 3.63) is 12.7 Å². The fourth-order valence-electron chi connectivity index (χ4n) is 7.30. The summed E-state index contributed by atoms with van der Waals surface area (Å²) >= 11 is 0. The Balaban J connectivity index is 1.28. The van der Waals surface area contributed by atoms with Crippen LogP contribution < -0.4 is 0 Å². The van der Waals surface area contributed by atoms with Crippen molar-refractivity contribution in [2.24, 2.45) is 23.2 Å². The van der Waals surface area contributed by atoms with Gasteiger partial charge in [-0.15, -0.1) is 0 Å². The molecule has 6 aliphatic carbocycles. The first-order valence-electron chi connectivity index (χ1n) is 11.1. The van der Waals surface area contributed by atoms with Crippen molar-refractivity contribution < 1.29 is 28.6 Å². The van der Waals surface area contributed by atoms with Crippen LogP contribution in [-0.2, 0) is 28.6 Å². The second-order valence-corrected chi connectivity index (χ2v) is 10.0. The zero-order chi connectivity index (χ0) is 20.2. The number of ether oxygens (including phenoxy) is 3. The summed E-state index contributed by atoms with van der Waals surface area (Å²) in [6, 6.07) is 0. The summed E-state index contributed by atoms with van der Waals surface area (Å²) in [5.74, 6) is 0.991. The lowest BCUT2D eigenvalue weighted by Crippen LogP contribution is -2.52. The van der Waals surface area contributed by atoms with Crippen molar-refractivity contribution >= 4 is 17.5 Å². The van der Waals surface area contributed by atoms with E-state index in [1.54, 1.807) is 0 Å². The molecule has 6 rings (SSSR count). The summed E-state index contributed by atoms with van der Waals surface area (Å²) in [5, 5.41) is 0. The minimum Gasteiger partial charge on any atom is -0.448 e. The van der Waals surface area contributed by atoms with Crippen LogP contribution in [0.2, 0.25) is 0 Å². The summed E-state index contributed by atoms with van der Waals surface area (Å²) in [7, 11) is 0. The molecule has 6 saturated carbocycles. The van der Waals surface area contributed by atoms with Gasteiger partial charge in [0.15, 0.2) is 23.8 Å². The molecule has 158 valence electrons. The van der Waals surface area contributed by atoms with Crippen molar-refractivity contribution in [2.75, 3.05) is 6.79 Å². The third-order valence-electron chi connectivity index (χ3n) is 8.20. The molecule has 1 spiro atoms. The van der Waals surface area contributed by atoms with Gasteiger partial charge in [0.1, 0.15) is 6.79 Å². The Kier molecular flexibility index (Phi) is 4.70. The van der Waals surface area contributed by atoms with Crippen LogP contribution >= 0.6 is 0 Å². The van der Waals surface area contributed by atoms with Crippen molar-refractivity contribution in [1.29, 1.82) is 0 Å². The number of carbonyl (C=O) groups is 3. The summed E-state index contributed by atoms with van der Waals surface area (Å²) in [5.41, 5.74) is -1.18. The average molecular weight is 402 g/mol. The molecule has 6 aliphatic rings. The predicted octanol–water partition coefficient (Wildman–Crippen LogP) is 3.12. The molecule has 0 radical (unpaired) electrons. The molecule has 0 heterocycles. The number of rotatable bonds is 6. The van der Waals surface area contributed by atoms with Crippen LogP contribution in [0.4, 0.5) is 0 Å². The topological polar surface area (TPSA) is 78.9 Å². The first-order valence-corrected chi connectivity index (χ1v) is 11.1. The number of hydrogen-bond acceptors (Lipinski definition) is 6. The largest absolute Gasteiger partial charge is 0.448 e. The second-order valence-electron chi connectivity index (χ2n) is 10.0. The van der Waals surface area contributed by atoms with Crippen LogP contribution in [0.1, 0.15) is 64.2 Å². The Morgan fingerprint density at radius 1 is 0.966 bits per heavy atom. The van der Waals surface area contributed by atoms with Gasteiger partial charge in [0.25, 0.3) is 0 Å². The van der Waals surface area contributed by atoms with E-state index in [0.717, 1.165) is 55.9 Å². The number of ketones is 2. The van der Waals surface area contributed by atoms with Crippen molar-refractivity contribution in [3.8, 4) is 0 Å². The zero-order valence-corrected chi connectivity index (χ0v) is 16.9. The number of hydrogen-bond donors (Lipinski definition) is 0. The number of carbonyl (C=O) groups excluding carboxylic acids is 3. The van der Waals surface area contributed by atoms with Crippen LogP contribution in [0.3, 0.4) is 0 Å². The highest BCUT2D eigenvalue weighted by Gasteiger charge is 2.63. The molecule has 4 bridgehead atoms. The molecule has 6 fully saturated rings. The van der Waals surface area contributed by atoms with Gasteiger partial charge in [-0.2, -0.15) is 0 Å². The van der Waals surface area contributed by atoms with Crippen LogP contribution in [0.5, 0.6) is 0 Å². The van der Waals surface area contributed by atoms with E-state index in [0.29, 0.717) is 12.8 Å². The molecular weight excluding hydrogens is 372 g/mol. The van der Waals surface area contributed by atoms with Crippen LogP contribution in [0.25, 0.3) is 0 Å². The maximum absolute atomic E-state index is 13.2. The van der Waals surface area contributed by atoms with Gasteiger partial charge in [-0.3, -0.25) is 9.59 Å². The van der Waals surface area contributed by atoms with Gasteiger partial charge in [-0.25, -0.2) is 4.79 Å². The van der Waals surface area contributed by atoms with Gasteiger partial charge in [-0.05, 0) is 69.1 Å². The first kappa shape index (κ1) is 19.4. The standard InChI is InChI=1S/C23H30O6/c1-2-17(24)29-19-18(20(25)23(21(19)26)5-3-4-6-23)27-13-28-22-10-14-7-15(11-22)9-16(8-14)12-22/h2,14-16,18-19H,1,3-13H2. The maximum Gasteiger partial charge on any atom is 0.330 e. The van der Waals surface area contributed by atoms with E-state index in [2.05, 4.69) is 6.58 Å². The Hall–Kier alpha value is -1.53. The normalized spacial score (nSPS) is 42.0. The minimum absolute atomic E-state index is 0.0337. The lowest BCUT2D eigenvalue weighted by Gasteiger charge is -2.56. The Morgan fingerprint density at radius 2 is 1.52 bits per heavy atom. The molecule has 0 aromatic heterocycles. The smallest absolute Gasteiger partial charge is 0.330 e. The summed E-state index contributed by atoms with van der Waals surface area (Å²) < 4.78 is 17.4. The van der Waals surface area contributed by atoms with Crippen molar-refractivity contribution in [1.82, 2.24) is 0 Å². The van der Waals surface area contributed by atoms with Gasteiger partial charge in [0.05, 0.1) is 11.0 Å². The van der Waals surface area contributed by atoms with Crippen LogP contribution in [-0.4, -0.2) is 42.1 Å². The predicted molar refractivity (Wildman–Crippen MR) is 103 cm³/mol.